The molecule has 1 aliphatic rings. The van der Waals surface area contributed by atoms with Crippen molar-refractivity contribution in [1.82, 2.24) is 0 Å². The lowest BCUT2D eigenvalue weighted by Gasteiger charge is -2.41. The minimum Gasteiger partial charge on any atom is -0.460 e. The number of rotatable bonds is 7. The number of Topliss-reactive ketones (excluding diaryl/α,β-unsaturated/α-hetero) is 1. The number of ether oxygens (including phenoxy) is 2. The first-order chi connectivity index (χ1) is 15.2. The summed E-state index contributed by atoms with van der Waals surface area (Å²) in [5, 5.41) is 2.73. The number of hydrogen-bond acceptors (Lipinski definition) is 5. The first-order valence-corrected chi connectivity index (χ1v) is 10.7. The summed E-state index contributed by atoms with van der Waals surface area (Å²) in [6, 6.07) is 16.8. The van der Waals surface area contributed by atoms with E-state index >= 15 is 0 Å². The summed E-state index contributed by atoms with van der Waals surface area (Å²) < 4.78 is 11.6. The Hall–Kier alpha value is -3.25. The fraction of sp³-hybridized carbons (Fsp3) is 0.346. The van der Waals surface area contributed by atoms with Gasteiger partial charge < -0.3 is 14.8 Å². The molecule has 0 bridgehead atoms. The summed E-state index contributed by atoms with van der Waals surface area (Å²) in [4.78, 5) is 37.5. The number of nitrogens with one attached hydrogen (secondary N) is 1. The molecule has 3 rings (SSSR count). The molecule has 1 amide bonds. The fourth-order valence-electron chi connectivity index (χ4n) is 3.84. The van der Waals surface area contributed by atoms with E-state index < -0.39 is 23.6 Å². The Morgan fingerprint density at radius 3 is 2.38 bits per heavy atom. The molecule has 0 aliphatic carbocycles. The van der Waals surface area contributed by atoms with Crippen molar-refractivity contribution in [2.75, 3.05) is 5.32 Å². The number of carbonyl (C=O) groups is 3. The van der Waals surface area contributed by atoms with Gasteiger partial charge in [-0.15, -0.1) is 0 Å². The molecule has 2 aromatic rings. The third-order valence-electron chi connectivity index (χ3n) is 5.87. The molecule has 6 heteroatoms. The summed E-state index contributed by atoms with van der Waals surface area (Å²) in [5.74, 6) is -1.07. The van der Waals surface area contributed by atoms with Gasteiger partial charge >= 0.3 is 5.97 Å². The van der Waals surface area contributed by atoms with Crippen molar-refractivity contribution in [3.8, 4) is 0 Å². The second-order valence-electron chi connectivity index (χ2n) is 8.30. The average Bonchev–Trinajstić information content (AvgIpc) is 2.78. The Kier molecular flexibility index (Phi) is 7.26. The highest BCUT2D eigenvalue weighted by atomic mass is 16.5. The molecule has 2 aromatic carbocycles. The highest BCUT2D eigenvalue weighted by Crippen LogP contribution is 2.39. The molecule has 6 nitrogen and oxygen atoms in total. The zero-order chi connectivity index (χ0) is 23.3. The van der Waals surface area contributed by atoms with Crippen LogP contribution in [0.4, 0.5) is 5.69 Å². The van der Waals surface area contributed by atoms with Gasteiger partial charge in [0.15, 0.2) is 11.2 Å². The van der Waals surface area contributed by atoms with Crippen molar-refractivity contribution in [2.45, 2.75) is 52.4 Å². The van der Waals surface area contributed by atoms with Crippen LogP contribution < -0.4 is 5.32 Å². The molecule has 1 heterocycles. The number of anilines is 1. The largest absolute Gasteiger partial charge is 0.460 e. The second-order valence-corrected chi connectivity index (χ2v) is 8.30. The number of aryl methyl sites for hydroxylation is 1. The van der Waals surface area contributed by atoms with Crippen LogP contribution in [0.2, 0.25) is 0 Å². The molecule has 1 unspecified atom stereocenters. The van der Waals surface area contributed by atoms with Gasteiger partial charge in [-0.1, -0.05) is 49.0 Å². The van der Waals surface area contributed by atoms with Crippen LogP contribution in [0, 0.1) is 5.41 Å². The second kappa shape index (κ2) is 9.92. The Labute approximate surface area is 188 Å². The van der Waals surface area contributed by atoms with E-state index in [1.54, 1.807) is 13.8 Å². The van der Waals surface area contributed by atoms with Gasteiger partial charge in [0.1, 0.15) is 6.61 Å². The third kappa shape index (κ3) is 5.14. The van der Waals surface area contributed by atoms with E-state index in [0.29, 0.717) is 18.5 Å². The molecule has 32 heavy (non-hydrogen) atoms. The van der Waals surface area contributed by atoms with Crippen LogP contribution in [0.3, 0.4) is 0 Å². The van der Waals surface area contributed by atoms with Gasteiger partial charge in [-0.2, -0.15) is 0 Å². The van der Waals surface area contributed by atoms with Crippen LogP contribution >= 0.6 is 0 Å². The van der Waals surface area contributed by atoms with Crippen LogP contribution in [0.25, 0.3) is 0 Å². The molecule has 0 aromatic heterocycles. The summed E-state index contributed by atoms with van der Waals surface area (Å²) in [6.07, 6.45) is -0.0582. The van der Waals surface area contributed by atoms with E-state index in [1.807, 2.05) is 54.6 Å². The summed E-state index contributed by atoms with van der Waals surface area (Å²) >= 11 is 0. The van der Waals surface area contributed by atoms with Crippen molar-refractivity contribution in [3.05, 3.63) is 77.9 Å². The number of benzene rings is 2. The maximum atomic E-state index is 13.2. The van der Waals surface area contributed by atoms with Crippen LogP contribution in [0.5, 0.6) is 0 Å². The molecule has 3 atom stereocenters. The van der Waals surface area contributed by atoms with Gasteiger partial charge in [0, 0.05) is 18.2 Å². The van der Waals surface area contributed by atoms with E-state index in [2.05, 4.69) is 11.9 Å². The van der Waals surface area contributed by atoms with Crippen LogP contribution in [-0.2, 0) is 36.9 Å². The average molecular weight is 436 g/mol. The highest BCUT2D eigenvalue weighted by molar-refractivity contribution is 6.13. The maximum Gasteiger partial charge on any atom is 0.322 e. The first kappa shape index (κ1) is 23.4. The van der Waals surface area contributed by atoms with E-state index in [1.165, 1.54) is 6.92 Å². The standard InChI is InChI=1S/C26H29NO5/c1-17-18(2)32-23(15-12-20-10-13-22(14-11-20)27-19(3)28)26(4,24(17)29)25(30)31-16-21-8-6-5-7-9-21/h5-11,13-14,18,23H,1,12,15-16H2,2-4H3,(H,27,28)/t18-,23?,26-/m1/s1. The Balaban J connectivity index is 1.73. The predicted molar refractivity (Wildman–Crippen MR) is 122 cm³/mol. The van der Waals surface area contributed by atoms with Gasteiger partial charge in [0.2, 0.25) is 5.91 Å². The van der Waals surface area contributed by atoms with Crippen molar-refractivity contribution in [1.29, 1.82) is 0 Å². The van der Waals surface area contributed by atoms with Crippen LogP contribution in [-0.4, -0.2) is 29.9 Å². The van der Waals surface area contributed by atoms with Crippen LogP contribution in [0.1, 0.15) is 38.3 Å². The summed E-state index contributed by atoms with van der Waals surface area (Å²) in [5.41, 5.74) is 1.38. The Bertz CT molecular complexity index is 999. The lowest BCUT2D eigenvalue weighted by atomic mass is 9.72. The molecule has 1 N–H and O–H groups in total. The third-order valence-corrected chi connectivity index (χ3v) is 5.87. The van der Waals surface area contributed by atoms with Gasteiger partial charge in [-0.05, 0) is 49.9 Å². The number of hydrogen-bond donors (Lipinski definition) is 1. The lowest BCUT2D eigenvalue weighted by molar-refractivity contribution is -0.178. The van der Waals surface area contributed by atoms with E-state index in [-0.39, 0.29) is 23.9 Å². The molecular formula is C26H29NO5. The molecule has 1 fully saturated rings. The number of amides is 1. The zero-order valence-corrected chi connectivity index (χ0v) is 18.7. The smallest absolute Gasteiger partial charge is 0.322 e. The molecule has 0 radical (unpaired) electrons. The molecule has 168 valence electrons. The Morgan fingerprint density at radius 1 is 1.09 bits per heavy atom. The normalized spacial score (nSPS) is 23.0. The van der Waals surface area contributed by atoms with Gasteiger partial charge in [-0.25, -0.2) is 0 Å². The van der Waals surface area contributed by atoms with E-state index in [4.69, 9.17) is 9.47 Å². The van der Waals surface area contributed by atoms with Crippen molar-refractivity contribution in [3.63, 3.8) is 0 Å². The fourth-order valence-corrected chi connectivity index (χ4v) is 3.84. The van der Waals surface area contributed by atoms with Crippen molar-refractivity contribution < 1.29 is 23.9 Å². The van der Waals surface area contributed by atoms with Gasteiger partial charge in [-0.3, -0.25) is 14.4 Å². The van der Waals surface area contributed by atoms with Crippen molar-refractivity contribution >= 4 is 23.3 Å². The lowest BCUT2D eigenvalue weighted by Crippen LogP contribution is -2.55. The first-order valence-electron chi connectivity index (χ1n) is 10.7. The molecule has 0 saturated carbocycles. The minimum atomic E-state index is -1.46. The SMILES string of the molecule is C=C1C(=O)[C@](C)(C(=O)OCc2ccccc2)C(CCc2ccc(NC(C)=O)cc2)O[C@@H]1C. The maximum absolute atomic E-state index is 13.2. The topological polar surface area (TPSA) is 81.7 Å². The minimum absolute atomic E-state index is 0.0852. The summed E-state index contributed by atoms with van der Waals surface area (Å²) in [6.45, 7) is 8.74. The Morgan fingerprint density at radius 2 is 1.75 bits per heavy atom. The van der Waals surface area contributed by atoms with E-state index in [0.717, 1.165) is 11.1 Å². The van der Waals surface area contributed by atoms with E-state index in [9.17, 15) is 14.4 Å². The highest BCUT2D eigenvalue weighted by Gasteiger charge is 2.54. The molecule has 1 saturated heterocycles. The quantitative estimate of drug-likeness (QED) is 0.400. The number of ketones is 1. The zero-order valence-electron chi connectivity index (χ0n) is 18.7. The number of carbonyl (C=O) groups excluding carboxylic acids is 3. The summed E-state index contributed by atoms with van der Waals surface area (Å²) in [7, 11) is 0. The molecule has 0 spiro atoms. The molecule has 1 aliphatic heterocycles. The van der Waals surface area contributed by atoms with Gasteiger partial charge in [0.05, 0.1) is 12.2 Å². The monoisotopic (exact) mass is 435 g/mol. The van der Waals surface area contributed by atoms with Crippen LogP contribution in [0.15, 0.2) is 66.7 Å². The predicted octanol–water partition coefficient (Wildman–Crippen LogP) is 4.24. The van der Waals surface area contributed by atoms with Crippen molar-refractivity contribution in [2.24, 2.45) is 5.41 Å². The molecular weight excluding hydrogens is 406 g/mol. The number of esters is 1. The van der Waals surface area contributed by atoms with Gasteiger partial charge in [0.25, 0.3) is 0 Å².